The van der Waals surface area contributed by atoms with Gasteiger partial charge in [0.25, 0.3) is 5.91 Å². The van der Waals surface area contributed by atoms with Crippen molar-refractivity contribution in [2.24, 2.45) is 7.05 Å². The molecule has 0 aliphatic rings. The van der Waals surface area contributed by atoms with Gasteiger partial charge in [0.2, 0.25) is 0 Å². The molecule has 1 amide bonds. The third kappa shape index (κ3) is 4.99. The molecule has 0 bridgehead atoms. The van der Waals surface area contributed by atoms with Gasteiger partial charge < -0.3 is 10.4 Å². The van der Waals surface area contributed by atoms with E-state index in [0.717, 1.165) is 34.5 Å². The summed E-state index contributed by atoms with van der Waals surface area (Å²) < 4.78 is 54.5. The Bertz CT molecular complexity index is 1150. The van der Waals surface area contributed by atoms with Crippen molar-refractivity contribution in [3.05, 3.63) is 75.7 Å². The van der Waals surface area contributed by atoms with Crippen molar-refractivity contribution < 1.29 is 27.5 Å². The van der Waals surface area contributed by atoms with Crippen LogP contribution >= 0.6 is 0 Å². The molecule has 170 valence electrons. The number of aryl methyl sites for hydroxylation is 2. The first-order valence-electron chi connectivity index (χ1n) is 9.90. The smallest absolute Gasteiger partial charge is 0.395 e. The fourth-order valence-corrected chi connectivity index (χ4v) is 3.70. The van der Waals surface area contributed by atoms with Gasteiger partial charge in [-0.2, -0.15) is 18.3 Å². The van der Waals surface area contributed by atoms with Gasteiger partial charge in [-0.15, -0.1) is 0 Å². The molecule has 32 heavy (non-hydrogen) atoms. The zero-order valence-electron chi connectivity index (χ0n) is 17.8. The number of alkyl halides is 3. The summed E-state index contributed by atoms with van der Waals surface area (Å²) in [6, 6.07) is 7.74. The van der Waals surface area contributed by atoms with Gasteiger partial charge in [-0.3, -0.25) is 9.48 Å². The van der Waals surface area contributed by atoms with Gasteiger partial charge >= 0.3 is 6.18 Å². The predicted molar refractivity (Wildman–Crippen MR) is 112 cm³/mol. The molecule has 0 spiro atoms. The predicted octanol–water partition coefficient (Wildman–Crippen LogP) is 4.17. The van der Waals surface area contributed by atoms with E-state index in [1.165, 1.54) is 0 Å². The van der Waals surface area contributed by atoms with Crippen molar-refractivity contribution in [3.63, 3.8) is 0 Å². The Balaban J connectivity index is 1.93. The first-order valence-corrected chi connectivity index (χ1v) is 9.90. The number of aliphatic hydroxyl groups is 1. The van der Waals surface area contributed by atoms with E-state index in [4.69, 9.17) is 5.11 Å². The summed E-state index contributed by atoms with van der Waals surface area (Å²) in [7, 11) is 1.72. The summed E-state index contributed by atoms with van der Waals surface area (Å²) in [6.45, 7) is 3.59. The number of rotatable bonds is 6. The Morgan fingerprint density at radius 2 is 1.88 bits per heavy atom. The number of nitrogens with one attached hydrogen (secondary N) is 1. The summed E-state index contributed by atoms with van der Waals surface area (Å²) >= 11 is 0. The molecule has 0 unspecified atom stereocenters. The van der Waals surface area contributed by atoms with Crippen LogP contribution in [0.3, 0.4) is 0 Å². The van der Waals surface area contributed by atoms with Gasteiger partial charge in [-0.25, -0.2) is 4.39 Å². The molecule has 1 aromatic heterocycles. The van der Waals surface area contributed by atoms with E-state index in [1.807, 2.05) is 6.07 Å². The van der Waals surface area contributed by atoms with Crippen molar-refractivity contribution in [1.82, 2.24) is 15.1 Å². The van der Waals surface area contributed by atoms with Crippen LogP contribution in [0, 0.1) is 19.7 Å². The highest BCUT2D eigenvalue weighted by Crippen LogP contribution is 2.32. The second-order valence-electron chi connectivity index (χ2n) is 7.58. The minimum Gasteiger partial charge on any atom is -0.395 e. The Kier molecular flexibility index (Phi) is 6.68. The first kappa shape index (κ1) is 23.5. The SMILES string of the molecule is Cc1cc(-c2c(C)c(Cc3cc(F)cc(C(F)(F)F)c3)nn2C)ccc1C(=O)NCCO. The maximum atomic E-state index is 13.8. The normalized spacial score (nSPS) is 11.6. The summed E-state index contributed by atoms with van der Waals surface area (Å²) in [4.78, 5) is 12.2. The maximum Gasteiger partial charge on any atom is 0.416 e. The van der Waals surface area contributed by atoms with Crippen molar-refractivity contribution in [1.29, 1.82) is 0 Å². The van der Waals surface area contributed by atoms with E-state index in [-0.39, 0.29) is 31.0 Å². The number of carbonyl (C=O) groups excluding carboxylic acids is 1. The highest BCUT2D eigenvalue weighted by atomic mass is 19.4. The molecule has 9 heteroatoms. The highest BCUT2D eigenvalue weighted by Gasteiger charge is 2.31. The summed E-state index contributed by atoms with van der Waals surface area (Å²) in [5.74, 6) is -1.24. The van der Waals surface area contributed by atoms with Gasteiger partial charge in [0, 0.05) is 31.1 Å². The van der Waals surface area contributed by atoms with E-state index in [2.05, 4.69) is 10.4 Å². The lowest BCUT2D eigenvalue weighted by molar-refractivity contribution is -0.137. The number of aromatic nitrogens is 2. The Hall–Kier alpha value is -3.20. The number of aliphatic hydroxyl groups excluding tert-OH is 1. The van der Waals surface area contributed by atoms with Crippen LogP contribution in [-0.4, -0.2) is 33.9 Å². The van der Waals surface area contributed by atoms with E-state index in [9.17, 15) is 22.4 Å². The zero-order chi connectivity index (χ0) is 23.6. The summed E-state index contributed by atoms with van der Waals surface area (Å²) in [6.07, 6.45) is -4.59. The molecule has 0 radical (unpaired) electrons. The fourth-order valence-electron chi connectivity index (χ4n) is 3.70. The van der Waals surface area contributed by atoms with Crippen molar-refractivity contribution in [2.75, 3.05) is 13.2 Å². The number of benzene rings is 2. The number of amides is 1. The third-order valence-electron chi connectivity index (χ3n) is 5.18. The minimum atomic E-state index is -4.64. The van der Waals surface area contributed by atoms with Crippen LogP contribution in [0.25, 0.3) is 11.3 Å². The minimum absolute atomic E-state index is 0.0428. The number of halogens is 4. The zero-order valence-corrected chi connectivity index (χ0v) is 17.8. The van der Waals surface area contributed by atoms with Crippen LogP contribution in [0.4, 0.5) is 17.6 Å². The average molecular weight is 449 g/mol. The van der Waals surface area contributed by atoms with E-state index in [1.54, 1.807) is 37.7 Å². The molecule has 0 fully saturated rings. The van der Waals surface area contributed by atoms with Gasteiger partial charge in [-0.05, 0) is 60.9 Å². The summed E-state index contributed by atoms with van der Waals surface area (Å²) in [5, 5.41) is 15.9. The van der Waals surface area contributed by atoms with E-state index < -0.39 is 17.6 Å². The second kappa shape index (κ2) is 9.12. The lowest BCUT2D eigenvalue weighted by Crippen LogP contribution is -2.26. The molecular formula is C23H23F4N3O2. The monoisotopic (exact) mass is 449 g/mol. The van der Waals surface area contributed by atoms with E-state index >= 15 is 0 Å². The summed E-state index contributed by atoms with van der Waals surface area (Å²) in [5.41, 5.74) is 3.16. The van der Waals surface area contributed by atoms with Crippen LogP contribution in [0.15, 0.2) is 36.4 Å². The number of carbonyl (C=O) groups is 1. The van der Waals surface area contributed by atoms with Gasteiger partial charge in [0.1, 0.15) is 5.82 Å². The number of nitrogens with zero attached hydrogens (tertiary/aromatic N) is 2. The fraction of sp³-hybridized carbons (Fsp3) is 0.304. The quantitative estimate of drug-likeness (QED) is 0.555. The second-order valence-corrected chi connectivity index (χ2v) is 7.58. The number of hydrogen-bond acceptors (Lipinski definition) is 3. The molecular weight excluding hydrogens is 426 g/mol. The molecule has 5 nitrogen and oxygen atoms in total. The van der Waals surface area contributed by atoms with Crippen molar-refractivity contribution in [2.45, 2.75) is 26.4 Å². The topological polar surface area (TPSA) is 67.2 Å². The molecule has 2 N–H and O–H groups in total. The first-order chi connectivity index (χ1) is 15.0. The third-order valence-corrected chi connectivity index (χ3v) is 5.18. The van der Waals surface area contributed by atoms with Gasteiger partial charge in [0.15, 0.2) is 0 Å². The molecule has 2 aromatic carbocycles. The van der Waals surface area contributed by atoms with Crippen LogP contribution in [-0.2, 0) is 19.6 Å². The molecule has 0 aliphatic heterocycles. The largest absolute Gasteiger partial charge is 0.416 e. The van der Waals surface area contributed by atoms with Crippen LogP contribution < -0.4 is 5.32 Å². The Morgan fingerprint density at radius 3 is 2.50 bits per heavy atom. The maximum absolute atomic E-state index is 13.8. The van der Waals surface area contributed by atoms with Gasteiger partial charge in [-0.1, -0.05) is 6.07 Å². The van der Waals surface area contributed by atoms with Crippen LogP contribution in [0.5, 0.6) is 0 Å². The molecule has 1 heterocycles. The van der Waals surface area contributed by atoms with Crippen LogP contribution in [0.2, 0.25) is 0 Å². The standard InChI is InChI=1S/C23H23F4N3O2/c1-13-8-16(4-5-19(13)22(32)28-6-7-31)21-14(2)20(29-30(21)3)11-15-9-17(23(25,26)27)12-18(24)10-15/h4-5,8-10,12,31H,6-7,11H2,1-3H3,(H,28,32). The van der Waals surface area contributed by atoms with Crippen LogP contribution in [0.1, 0.15) is 38.3 Å². The average Bonchev–Trinajstić information content (AvgIpc) is 2.98. The van der Waals surface area contributed by atoms with Crippen molar-refractivity contribution in [3.8, 4) is 11.3 Å². The number of hydrogen-bond donors (Lipinski definition) is 2. The molecule has 0 aliphatic carbocycles. The molecule has 0 atom stereocenters. The molecule has 3 aromatic rings. The Morgan fingerprint density at radius 1 is 1.16 bits per heavy atom. The Labute approximate surface area is 182 Å². The lowest BCUT2D eigenvalue weighted by atomic mass is 9.98. The van der Waals surface area contributed by atoms with E-state index in [0.29, 0.717) is 17.3 Å². The van der Waals surface area contributed by atoms with Gasteiger partial charge in [0.05, 0.1) is 23.6 Å². The highest BCUT2D eigenvalue weighted by molar-refractivity contribution is 5.96. The molecule has 0 saturated carbocycles. The lowest BCUT2D eigenvalue weighted by Gasteiger charge is -2.10. The molecule has 3 rings (SSSR count). The van der Waals surface area contributed by atoms with Crippen molar-refractivity contribution >= 4 is 5.91 Å². The molecule has 0 saturated heterocycles.